The fourth-order valence-electron chi connectivity index (χ4n) is 1.33. The largest absolute Gasteiger partial charge is 0.381 e. The molecule has 4 nitrogen and oxygen atoms in total. The molecule has 0 unspecified atom stereocenters. The van der Waals surface area contributed by atoms with Gasteiger partial charge in [0.25, 0.3) is 0 Å². The first kappa shape index (κ1) is 6.64. The van der Waals surface area contributed by atoms with E-state index in [2.05, 4.69) is 10.3 Å². The van der Waals surface area contributed by atoms with Gasteiger partial charge in [0.1, 0.15) is 0 Å². The Morgan fingerprint density at radius 2 is 2.27 bits per heavy atom. The number of anilines is 1. The minimum Gasteiger partial charge on any atom is -0.381 e. The molecule has 1 aliphatic rings. The van der Waals surface area contributed by atoms with E-state index in [0.29, 0.717) is 11.9 Å². The van der Waals surface area contributed by atoms with Crippen molar-refractivity contribution < 1.29 is 0 Å². The molecule has 1 aromatic rings. The maximum Gasteiger partial charge on any atom is 0.168 e. The maximum absolute atomic E-state index is 5.56. The van der Waals surface area contributed by atoms with E-state index in [1.165, 1.54) is 19.3 Å². The summed E-state index contributed by atoms with van der Waals surface area (Å²) in [6, 6.07) is 0.569. The molecule has 1 saturated carbocycles. The smallest absolute Gasteiger partial charge is 0.168 e. The summed E-state index contributed by atoms with van der Waals surface area (Å²) in [5.41, 5.74) is 6.57. The lowest BCUT2D eigenvalue weighted by Crippen LogP contribution is -2.19. The molecule has 2 N–H and O–H groups in total. The van der Waals surface area contributed by atoms with Crippen LogP contribution in [0.25, 0.3) is 0 Å². The Bertz CT molecular complexity index is 261. The first-order valence-electron chi connectivity index (χ1n) is 3.96. The van der Waals surface area contributed by atoms with Gasteiger partial charge >= 0.3 is 0 Å². The zero-order chi connectivity index (χ0) is 7.84. The minimum absolute atomic E-state index is 0.567. The number of rotatable bonds is 1. The third-order valence-corrected chi connectivity index (χ3v) is 2.38. The fourth-order valence-corrected chi connectivity index (χ4v) is 1.33. The van der Waals surface area contributed by atoms with Gasteiger partial charge in [-0.05, 0) is 26.2 Å². The van der Waals surface area contributed by atoms with Gasteiger partial charge < -0.3 is 5.73 Å². The van der Waals surface area contributed by atoms with Crippen molar-refractivity contribution in [2.24, 2.45) is 0 Å². The molecule has 0 radical (unpaired) electrons. The number of nitrogens with two attached hydrogens (primary N) is 1. The van der Waals surface area contributed by atoms with Gasteiger partial charge in [0.15, 0.2) is 5.82 Å². The normalized spacial score (nSPS) is 18.3. The van der Waals surface area contributed by atoms with Crippen molar-refractivity contribution in [3.63, 3.8) is 0 Å². The van der Waals surface area contributed by atoms with E-state index in [1.54, 1.807) is 0 Å². The van der Waals surface area contributed by atoms with Crippen LogP contribution in [0.4, 0.5) is 5.82 Å². The third kappa shape index (κ3) is 0.895. The van der Waals surface area contributed by atoms with Gasteiger partial charge in [-0.2, -0.15) is 0 Å². The van der Waals surface area contributed by atoms with E-state index in [9.17, 15) is 0 Å². The van der Waals surface area contributed by atoms with Crippen LogP contribution in [0.3, 0.4) is 0 Å². The van der Waals surface area contributed by atoms with Crippen molar-refractivity contribution in [1.29, 1.82) is 0 Å². The van der Waals surface area contributed by atoms with Gasteiger partial charge in [-0.1, -0.05) is 5.21 Å². The molecule has 2 rings (SSSR count). The number of aromatic nitrogens is 3. The van der Waals surface area contributed by atoms with Gasteiger partial charge in [0.2, 0.25) is 0 Å². The molecule has 1 aromatic heterocycles. The van der Waals surface area contributed by atoms with Crippen molar-refractivity contribution in [1.82, 2.24) is 15.0 Å². The van der Waals surface area contributed by atoms with Crippen molar-refractivity contribution in [2.45, 2.75) is 32.2 Å². The quantitative estimate of drug-likeness (QED) is 0.650. The Hall–Kier alpha value is -1.06. The molecule has 60 valence electrons. The lowest BCUT2D eigenvalue weighted by molar-refractivity contribution is 0.280. The highest BCUT2D eigenvalue weighted by Crippen LogP contribution is 2.32. The molecule has 1 fully saturated rings. The van der Waals surface area contributed by atoms with Crippen LogP contribution in [-0.2, 0) is 0 Å². The second-order valence-corrected chi connectivity index (χ2v) is 3.09. The van der Waals surface area contributed by atoms with Gasteiger partial charge in [0.05, 0.1) is 11.7 Å². The first-order chi connectivity index (χ1) is 5.29. The molecular weight excluding hydrogens is 140 g/mol. The van der Waals surface area contributed by atoms with Crippen LogP contribution in [0.2, 0.25) is 0 Å². The van der Waals surface area contributed by atoms with Crippen LogP contribution in [0.1, 0.15) is 31.0 Å². The van der Waals surface area contributed by atoms with Crippen molar-refractivity contribution in [3.8, 4) is 0 Å². The number of nitrogen functional groups attached to an aromatic ring is 1. The topological polar surface area (TPSA) is 56.7 Å². The zero-order valence-corrected chi connectivity index (χ0v) is 6.62. The predicted molar refractivity (Wildman–Crippen MR) is 42.1 cm³/mol. The van der Waals surface area contributed by atoms with Gasteiger partial charge in [0, 0.05) is 0 Å². The summed E-state index contributed by atoms with van der Waals surface area (Å²) in [5.74, 6) is 0.567. The predicted octanol–water partition coefficient (Wildman–Crippen LogP) is 0.894. The number of hydrogen-bond donors (Lipinski definition) is 1. The van der Waals surface area contributed by atoms with Crippen LogP contribution >= 0.6 is 0 Å². The lowest BCUT2D eigenvalue weighted by atomic mass is 9.93. The summed E-state index contributed by atoms with van der Waals surface area (Å²) in [6.45, 7) is 1.97. The maximum atomic E-state index is 5.56. The van der Waals surface area contributed by atoms with Crippen molar-refractivity contribution >= 4 is 5.82 Å². The Labute approximate surface area is 65.4 Å². The molecular formula is C7H12N4. The third-order valence-electron chi connectivity index (χ3n) is 2.38. The molecule has 0 spiro atoms. The lowest BCUT2D eigenvalue weighted by Gasteiger charge is -2.25. The Morgan fingerprint density at radius 3 is 2.64 bits per heavy atom. The monoisotopic (exact) mass is 152 g/mol. The van der Waals surface area contributed by atoms with Crippen LogP contribution in [-0.4, -0.2) is 15.0 Å². The van der Waals surface area contributed by atoms with Gasteiger partial charge in [-0.25, -0.2) is 4.68 Å². The molecule has 1 heterocycles. The van der Waals surface area contributed by atoms with E-state index in [0.717, 1.165) is 5.69 Å². The molecule has 0 aromatic carbocycles. The zero-order valence-electron chi connectivity index (χ0n) is 6.62. The van der Waals surface area contributed by atoms with Crippen LogP contribution in [0.15, 0.2) is 0 Å². The fraction of sp³-hybridized carbons (Fsp3) is 0.714. The Kier molecular flexibility index (Phi) is 1.34. The van der Waals surface area contributed by atoms with E-state index < -0.39 is 0 Å². The molecule has 4 heteroatoms. The summed E-state index contributed by atoms with van der Waals surface area (Å²) in [4.78, 5) is 0. The summed E-state index contributed by atoms with van der Waals surface area (Å²) in [7, 11) is 0. The van der Waals surface area contributed by atoms with Crippen LogP contribution in [0, 0.1) is 6.92 Å². The van der Waals surface area contributed by atoms with Gasteiger partial charge in [-0.15, -0.1) is 5.10 Å². The standard InChI is InChI=1S/C7H12N4/c1-5-7(8)9-10-11(5)6-3-2-4-6/h6H,2-4,8H2,1H3. The van der Waals surface area contributed by atoms with Crippen LogP contribution < -0.4 is 5.73 Å². The highest BCUT2D eigenvalue weighted by atomic mass is 15.5. The minimum atomic E-state index is 0.567. The SMILES string of the molecule is Cc1c(N)nnn1C1CCC1. The van der Waals surface area contributed by atoms with E-state index in [1.807, 2.05) is 11.6 Å². The first-order valence-corrected chi connectivity index (χ1v) is 3.96. The molecule has 0 atom stereocenters. The second kappa shape index (κ2) is 2.22. The Morgan fingerprint density at radius 1 is 1.55 bits per heavy atom. The number of nitrogens with zero attached hydrogens (tertiary/aromatic N) is 3. The highest BCUT2D eigenvalue weighted by Gasteiger charge is 2.22. The molecule has 0 saturated heterocycles. The molecule has 0 amide bonds. The van der Waals surface area contributed by atoms with Crippen molar-refractivity contribution in [3.05, 3.63) is 5.69 Å². The molecule has 1 aliphatic carbocycles. The highest BCUT2D eigenvalue weighted by molar-refractivity contribution is 5.31. The average molecular weight is 152 g/mol. The van der Waals surface area contributed by atoms with E-state index in [-0.39, 0.29) is 0 Å². The van der Waals surface area contributed by atoms with Crippen molar-refractivity contribution in [2.75, 3.05) is 5.73 Å². The summed E-state index contributed by atoms with van der Waals surface area (Å²) < 4.78 is 1.94. The Balaban J connectivity index is 2.29. The summed E-state index contributed by atoms with van der Waals surface area (Å²) >= 11 is 0. The summed E-state index contributed by atoms with van der Waals surface area (Å²) in [6.07, 6.45) is 3.76. The summed E-state index contributed by atoms with van der Waals surface area (Å²) in [5, 5.41) is 7.79. The molecule has 0 aliphatic heterocycles. The van der Waals surface area contributed by atoms with Gasteiger partial charge in [-0.3, -0.25) is 0 Å². The second-order valence-electron chi connectivity index (χ2n) is 3.09. The van der Waals surface area contributed by atoms with E-state index in [4.69, 9.17) is 5.73 Å². The van der Waals surface area contributed by atoms with Crippen LogP contribution in [0.5, 0.6) is 0 Å². The molecule has 11 heavy (non-hydrogen) atoms. The molecule has 0 bridgehead atoms. The average Bonchev–Trinajstić information content (AvgIpc) is 2.15. The number of hydrogen-bond acceptors (Lipinski definition) is 3. The van der Waals surface area contributed by atoms with E-state index >= 15 is 0 Å².